The van der Waals surface area contributed by atoms with Crippen molar-refractivity contribution in [1.82, 2.24) is 0 Å². The van der Waals surface area contributed by atoms with E-state index in [1.807, 2.05) is 0 Å². The quantitative estimate of drug-likeness (QED) is 0.319. The first kappa shape index (κ1) is 21.1. The van der Waals surface area contributed by atoms with E-state index < -0.39 is 29.4 Å². The Morgan fingerprint density at radius 1 is 0.880 bits per heavy atom. The highest BCUT2D eigenvalue weighted by Gasteiger charge is 2.46. The molecule has 1 fully saturated rings. The standard InChI is InChI=1S/C18H28O7/c1-18(2)24-16(21)15(17(22)25-18)13(19)11-9-7-5-4-6-8-10-12-14(20)23-3/h15H,4-12H2,1-3H3. The summed E-state index contributed by atoms with van der Waals surface area (Å²) in [6, 6.07) is 0. The summed E-state index contributed by atoms with van der Waals surface area (Å²) >= 11 is 0. The van der Waals surface area contributed by atoms with Crippen molar-refractivity contribution in [3.8, 4) is 0 Å². The van der Waals surface area contributed by atoms with Crippen molar-refractivity contribution in [3.63, 3.8) is 0 Å². The summed E-state index contributed by atoms with van der Waals surface area (Å²) < 4.78 is 14.5. The lowest BCUT2D eigenvalue weighted by molar-refractivity contribution is -0.238. The van der Waals surface area contributed by atoms with Crippen LogP contribution in [-0.2, 0) is 33.4 Å². The minimum Gasteiger partial charge on any atom is -0.469 e. The van der Waals surface area contributed by atoms with E-state index in [2.05, 4.69) is 4.74 Å². The van der Waals surface area contributed by atoms with Crippen molar-refractivity contribution in [2.75, 3.05) is 7.11 Å². The molecule has 1 saturated heterocycles. The molecular formula is C18H28O7. The van der Waals surface area contributed by atoms with E-state index in [1.54, 1.807) is 0 Å². The fourth-order valence-corrected chi connectivity index (χ4v) is 2.68. The minimum atomic E-state index is -1.44. The lowest BCUT2D eigenvalue weighted by atomic mass is 9.97. The van der Waals surface area contributed by atoms with Gasteiger partial charge in [-0.1, -0.05) is 32.1 Å². The fourth-order valence-electron chi connectivity index (χ4n) is 2.68. The maximum Gasteiger partial charge on any atom is 0.331 e. The highest BCUT2D eigenvalue weighted by Crippen LogP contribution is 2.25. The Kier molecular flexibility index (Phi) is 8.58. The maximum atomic E-state index is 12.1. The fraction of sp³-hybridized carbons (Fsp3) is 0.778. The first-order valence-electron chi connectivity index (χ1n) is 8.82. The Labute approximate surface area is 148 Å². The SMILES string of the molecule is COC(=O)CCCCCCCCCC(=O)C1C(=O)OC(C)(C)OC1=O. The van der Waals surface area contributed by atoms with Gasteiger partial charge in [-0.05, 0) is 12.8 Å². The lowest BCUT2D eigenvalue weighted by Crippen LogP contribution is -2.49. The zero-order valence-electron chi connectivity index (χ0n) is 15.3. The Hall–Kier alpha value is -1.92. The number of rotatable bonds is 11. The van der Waals surface area contributed by atoms with Crippen LogP contribution in [-0.4, -0.2) is 36.6 Å². The van der Waals surface area contributed by atoms with Crippen molar-refractivity contribution >= 4 is 23.7 Å². The van der Waals surface area contributed by atoms with Crippen LogP contribution in [0.15, 0.2) is 0 Å². The number of ether oxygens (including phenoxy) is 3. The van der Waals surface area contributed by atoms with Gasteiger partial charge in [-0.3, -0.25) is 19.2 Å². The molecule has 1 aliphatic heterocycles. The third-order valence-corrected chi connectivity index (χ3v) is 4.02. The van der Waals surface area contributed by atoms with Crippen LogP contribution in [0, 0.1) is 5.92 Å². The molecule has 0 spiro atoms. The van der Waals surface area contributed by atoms with Gasteiger partial charge in [0.2, 0.25) is 5.92 Å². The Bertz CT molecular complexity index is 476. The Morgan fingerprint density at radius 2 is 1.32 bits per heavy atom. The molecule has 0 unspecified atom stereocenters. The highest BCUT2D eigenvalue weighted by molar-refractivity contribution is 6.15. The second-order valence-corrected chi connectivity index (χ2v) is 6.69. The van der Waals surface area contributed by atoms with E-state index >= 15 is 0 Å². The van der Waals surface area contributed by atoms with Crippen LogP contribution in [0.25, 0.3) is 0 Å². The Morgan fingerprint density at radius 3 is 1.80 bits per heavy atom. The maximum absolute atomic E-state index is 12.1. The first-order valence-corrected chi connectivity index (χ1v) is 8.82. The zero-order valence-corrected chi connectivity index (χ0v) is 15.3. The number of cyclic esters (lactones) is 2. The van der Waals surface area contributed by atoms with E-state index in [4.69, 9.17) is 9.47 Å². The number of carbonyl (C=O) groups is 4. The molecule has 0 atom stereocenters. The van der Waals surface area contributed by atoms with Gasteiger partial charge >= 0.3 is 17.9 Å². The summed E-state index contributed by atoms with van der Waals surface area (Å²) in [4.78, 5) is 46.6. The molecule has 7 nitrogen and oxygen atoms in total. The largest absolute Gasteiger partial charge is 0.469 e. The zero-order chi connectivity index (χ0) is 18.9. The predicted octanol–water partition coefficient (Wildman–Crippen LogP) is 2.69. The van der Waals surface area contributed by atoms with Gasteiger partial charge in [-0.25, -0.2) is 0 Å². The van der Waals surface area contributed by atoms with Gasteiger partial charge in [0.05, 0.1) is 7.11 Å². The molecule has 1 rings (SSSR count). The summed E-state index contributed by atoms with van der Waals surface area (Å²) in [5.74, 6) is -5.01. The summed E-state index contributed by atoms with van der Waals surface area (Å²) in [5, 5.41) is 0. The molecule has 142 valence electrons. The molecular weight excluding hydrogens is 328 g/mol. The van der Waals surface area contributed by atoms with Gasteiger partial charge in [0.1, 0.15) is 0 Å². The molecule has 1 heterocycles. The first-order chi connectivity index (χ1) is 11.8. The third kappa shape index (κ3) is 7.67. The van der Waals surface area contributed by atoms with Gasteiger partial charge in [0.15, 0.2) is 5.78 Å². The molecule has 25 heavy (non-hydrogen) atoms. The van der Waals surface area contributed by atoms with Crippen molar-refractivity contribution in [1.29, 1.82) is 0 Å². The molecule has 0 bridgehead atoms. The summed E-state index contributed by atoms with van der Waals surface area (Å²) in [6.07, 6.45) is 6.92. The number of unbranched alkanes of at least 4 members (excludes halogenated alkanes) is 6. The average molecular weight is 356 g/mol. The van der Waals surface area contributed by atoms with E-state index in [1.165, 1.54) is 21.0 Å². The van der Waals surface area contributed by atoms with Crippen LogP contribution < -0.4 is 0 Å². The molecule has 0 saturated carbocycles. The van der Waals surface area contributed by atoms with Crippen LogP contribution in [0.1, 0.15) is 71.6 Å². The Balaban J connectivity index is 2.12. The number of Topliss-reactive ketones (excluding diaryl/α,β-unsaturated/α-hetero) is 1. The van der Waals surface area contributed by atoms with E-state index in [9.17, 15) is 19.2 Å². The van der Waals surface area contributed by atoms with E-state index in [0.29, 0.717) is 12.8 Å². The normalized spacial score (nSPS) is 16.9. The van der Waals surface area contributed by atoms with Crippen LogP contribution in [0.2, 0.25) is 0 Å². The molecule has 0 radical (unpaired) electrons. The number of carbonyl (C=O) groups excluding carboxylic acids is 4. The van der Waals surface area contributed by atoms with Crippen LogP contribution in [0.3, 0.4) is 0 Å². The predicted molar refractivity (Wildman–Crippen MR) is 88.3 cm³/mol. The molecule has 0 aromatic carbocycles. The van der Waals surface area contributed by atoms with Gasteiger partial charge in [0.25, 0.3) is 5.79 Å². The van der Waals surface area contributed by atoms with Gasteiger partial charge in [-0.15, -0.1) is 0 Å². The second-order valence-electron chi connectivity index (χ2n) is 6.69. The molecule has 0 aromatic heterocycles. The van der Waals surface area contributed by atoms with Crippen molar-refractivity contribution in [2.24, 2.45) is 5.92 Å². The van der Waals surface area contributed by atoms with Crippen LogP contribution in [0.5, 0.6) is 0 Å². The highest BCUT2D eigenvalue weighted by atomic mass is 16.7. The molecule has 1 aliphatic rings. The average Bonchev–Trinajstić information content (AvgIpc) is 2.50. The smallest absolute Gasteiger partial charge is 0.331 e. The molecule has 0 N–H and O–H groups in total. The number of methoxy groups -OCH3 is 1. The minimum absolute atomic E-state index is 0.164. The monoisotopic (exact) mass is 356 g/mol. The lowest BCUT2D eigenvalue weighted by Gasteiger charge is -2.32. The molecule has 0 amide bonds. The van der Waals surface area contributed by atoms with Gasteiger partial charge < -0.3 is 14.2 Å². The van der Waals surface area contributed by atoms with Crippen LogP contribution in [0.4, 0.5) is 0 Å². The van der Waals surface area contributed by atoms with Gasteiger partial charge in [0, 0.05) is 26.7 Å². The topological polar surface area (TPSA) is 96.0 Å². The number of ketones is 1. The van der Waals surface area contributed by atoms with Crippen LogP contribution >= 0.6 is 0 Å². The molecule has 0 aromatic rings. The summed E-state index contributed by atoms with van der Waals surface area (Å²) in [5.41, 5.74) is 0. The van der Waals surface area contributed by atoms with Crippen molar-refractivity contribution in [3.05, 3.63) is 0 Å². The number of esters is 3. The summed E-state index contributed by atoms with van der Waals surface area (Å²) in [6.45, 7) is 2.91. The molecule has 0 aliphatic carbocycles. The van der Waals surface area contributed by atoms with E-state index in [-0.39, 0.29) is 12.4 Å². The third-order valence-electron chi connectivity index (χ3n) is 4.02. The summed E-state index contributed by atoms with van der Waals surface area (Å²) in [7, 11) is 1.39. The van der Waals surface area contributed by atoms with Crippen molar-refractivity contribution < 1.29 is 33.4 Å². The van der Waals surface area contributed by atoms with Crippen molar-refractivity contribution in [2.45, 2.75) is 77.4 Å². The van der Waals surface area contributed by atoms with Gasteiger partial charge in [-0.2, -0.15) is 0 Å². The van der Waals surface area contributed by atoms with E-state index in [0.717, 1.165) is 38.5 Å². The number of hydrogen-bond acceptors (Lipinski definition) is 7. The molecule has 7 heteroatoms. The number of hydrogen-bond donors (Lipinski definition) is 0. The second kappa shape index (κ2) is 10.2.